The molecule has 1 N–H and O–H groups in total. The number of carbonyl (C=O) groups excluding carboxylic acids is 1. The number of anilines is 2. The quantitative estimate of drug-likeness (QED) is 0.939. The summed E-state index contributed by atoms with van der Waals surface area (Å²) in [5.74, 6) is -0.266. The van der Waals surface area contributed by atoms with Gasteiger partial charge in [-0.2, -0.15) is 0 Å². The van der Waals surface area contributed by atoms with Crippen molar-refractivity contribution in [1.29, 1.82) is 0 Å². The van der Waals surface area contributed by atoms with E-state index in [2.05, 4.69) is 5.32 Å². The number of amides is 1. The van der Waals surface area contributed by atoms with Crippen LogP contribution in [0.2, 0.25) is 0 Å². The first-order valence-electron chi connectivity index (χ1n) is 7.60. The van der Waals surface area contributed by atoms with Gasteiger partial charge in [-0.15, -0.1) is 0 Å². The molecule has 1 amide bonds. The van der Waals surface area contributed by atoms with Crippen molar-refractivity contribution in [2.75, 3.05) is 23.3 Å². The molecule has 0 unspecified atom stereocenters. The van der Waals surface area contributed by atoms with Crippen LogP contribution in [0.5, 0.6) is 0 Å². The molecule has 0 bridgehead atoms. The first-order valence-corrected chi connectivity index (χ1v) is 7.60. The van der Waals surface area contributed by atoms with Crippen molar-refractivity contribution < 1.29 is 9.18 Å². The molecule has 0 fully saturated rings. The summed E-state index contributed by atoms with van der Waals surface area (Å²) in [6.45, 7) is 1.11. The predicted octanol–water partition coefficient (Wildman–Crippen LogP) is 3.61. The molecule has 0 atom stereocenters. The van der Waals surface area contributed by atoms with E-state index in [0.717, 1.165) is 42.7 Å². The summed E-state index contributed by atoms with van der Waals surface area (Å²) in [5, 5.41) is 2.90. The van der Waals surface area contributed by atoms with E-state index in [1.165, 1.54) is 6.07 Å². The molecule has 2 aromatic rings. The fraction of sp³-hybridized carbons (Fsp3) is 0.278. The van der Waals surface area contributed by atoms with Crippen LogP contribution in [0.4, 0.5) is 15.8 Å². The first kappa shape index (κ1) is 14.6. The van der Waals surface area contributed by atoms with Crippen LogP contribution in [0.3, 0.4) is 0 Å². The maximum Gasteiger partial charge on any atom is 0.243 e. The van der Waals surface area contributed by atoms with Gasteiger partial charge in [0.1, 0.15) is 5.82 Å². The molecule has 22 heavy (non-hydrogen) atoms. The van der Waals surface area contributed by atoms with Gasteiger partial charge in [0.15, 0.2) is 0 Å². The van der Waals surface area contributed by atoms with Crippen molar-refractivity contribution in [3.05, 3.63) is 59.9 Å². The van der Waals surface area contributed by atoms with Gasteiger partial charge in [-0.25, -0.2) is 4.39 Å². The Hall–Kier alpha value is -2.36. The van der Waals surface area contributed by atoms with Gasteiger partial charge in [0.25, 0.3) is 0 Å². The summed E-state index contributed by atoms with van der Waals surface area (Å²) in [6.07, 6.45) is 2.89. The van der Waals surface area contributed by atoms with E-state index in [0.29, 0.717) is 0 Å². The van der Waals surface area contributed by atoms with E-state index in [9.17, 15) is 9.18 Å². The summed E-state index contributed by atoms with van der Waals surface area (Å²) in [5.41, 5.74) is 2.76. The molecule has 0 spiro atoms. The Morgan fingerprint density at radius 3 is 2.77 bits per heavy atom. The number of para-hydroxylation sites is 1. The van der Waals surface area contributed by atoms with Gasteiger partial charge in [-0.3, -0.25) is 4.79 Å². The minimum absolute atomic E-state index is 0.0524. The fourth-order valence-corrected chi connectivity index (χ4v) is 2.86. The maximum atomic E-state index is 13.4. The Labute approximate surface area is 129 Å². The van der Waals surface area contributed by atoms with Crippen LogP contribution in [0.25, 0.3) is 0 Å². The smallest absolute Gasteiger partial charge is 0.243 e. The number of carbonyl (C=O) groups is 1. The molecule has 1 heterocycles. The Kier molecular flexibility index (Phi) is 4.37. The topological polar surface area (TPSA) is 32.3 Å². The van der Waals surface area contributed by atoms with Gasteiger partial charge >= 0.3 is 0 Å². The normalized spacial score (nSPS) is 14.1. The van der Waals surface area contributed by atoms with E-state index in [4.69, 9.17) is 0 Å². The molecule has 1 aliphatic heterocycles. The molecule has 2 aromatic carbocycles. The van der Waals surface area contributed by atoms with Crippen LogP contribution in [0, 0.1) is 5.82 Å². The van der Waals surface area contributed by atoms with Crippen LogP contribution >= 0.6 is 0 Å². The van der Waals surface area contributed by atoms with E-state index in [1.54, 1.807) is 12.1 Å². The lowest BCUT2D eigenvalue weighted by molar-refractivity contribution is -0.115. The van der Waals surface area contributed by atoms with Crippen LogP contribution in [-0.2, 0) is 11.2 Å². The largest absolute Gasteiger partial charge is 0.362 e. The summed E-state index contributed by atoms with van der Waals surface area (Å²) >= 11 is 0. The van der Waals surface area contributed by atoms with Crippen molar-refractivity contribution in [3.8, 4) is 0 Å². The van der Waals surface area contributed by atoms with Gasteiger partial charge in [0.05, 0.1) is 6.54 Å². The summed E-state index contributed by atoms with van der Waals surface area (Å²) < 4.78 is 13.4. The lowest BCUT2D eigenvalue weighted by atomic mass is 10.1. The summed E-state index contributed by atoms with van der Waals surface area (Å²) in [4.78, 5) is 14.3. The minimum Gasteiger partial charge on any atom is -0.362 e. The molecule has 0 saturated carbocycles. The van der Waals surface area contributed by atoms with Gasteiger partial charge < -0.3 is 10.2 Å². The first-order chi connectivity index (χ1) is 10.7. The Morgan fingerprint density at radius 1 is 1.14 bits per heavy atom. The molecule has 4 heteroatoms. The van der Waals surface area contributed by atoms with Crippen molar-refractivity contribution >= 4 is 17.3 Å². The number of nitrogens with zero attached hydrogens (tertiary/aromatic N) is 1. The number of rotatable bonds is 3. The zero-order valence-corrected chi connectivity index (χ0v) is 12.4. The maximum absolute atomic E-state index is 13.4. The molecule has 0 radical (unpaired) electrons. The average Bonchev–Trinajstić information content (AvgIpc) is 2.70. The molecule has 114 valence electrons. The van der Waals surface area contributed by atoms with Crippen LogP contribution in [-0.4, -0.2) is 19.0 Å². The Bertz CT molecular complexity index is 657. The van der Waals surface area contributed by atoms with E-state index in [1.807, 2.05) is 35.2 Å². The zero-order chi connectivity index (χ0) is 15.4. The molecule has 1 aliphatic rings. The highest BCUT2D eigenvalue weighted by molar-refractivity contribution is 5.94. The number of halogens is 1. The zero-order valence-electron chi connectivity index (χ0n) is 12.4. The second-order valence-electron chi connectivity index (χ2n) is 5.57. The highest BCUT2D eigenvalue weighted by Gasteiger charge is 2.18. The van der Waals surface area contributed by atoms with Crippen LogP contribution in [0.1, 0.15) is 18.4 Å². The highest BCUT2D eigenvalue weighted by Crippen LogP contribution is 2.27. The van der Waals surface area contributed by atoms with E-state index < -0.39 is 0 Å². The Balaban J connectivity index is 1.73. The van der Waals surface area contributed by atoms with Crippen molar-refractivity contribution in [3.63, 3.8) is 0 Å². The molecular formula is C18H19FN2O. The van der Waals surface area contributed by atoms with Gasteiger partial charge in [-0.1, -0.05) is 18.2 Å². The average molecular weight is 298 g/mol. The summed E-state index contributed by atoms with van der Waals surface area (Å²) in [6, 6.07) is 14.3. The van der Waals surface area contributed by atoms with Gasteiger partial charge in [0.2, 0.25) is 5.91 Å². The molecular weight excluding hydrogens is 279 g/mol. The van der Waals surface area contributed by atoms with Crippen molar-refractivity contribution in [2.24, 2.45) is 0 Å². The number of hydrogen-bond donors (Lipinski definition) is 1. The standard InChI is InChI=1S/C18H19FN2O/c19-15-9-10-17-14(12-15)6-4-5-11-21(17)13-18(22)20-16-7-2-1-3-8-16/h1-3,7-10,12H,4-6,11,13H2,(H,20,22). The lowest BCUT2D eigenvalue weighted by Crippen LogP contribution is -2.34. The summed E-state index contributed by atoms with van der Waals surface area (Å²) in [7, 11) is 0. The SMILES string of the molecule is O=C(CN1CCCCc2cc(F)ccc21)Nc1ccccc1. The second kappa shape index (κ2) is 6.60. The number of fused-ring (bicyclic) bond motifs is 1. The van der Waals surface area contributed by atoms with Crippen molar-refractivity contribution in [2.45, 2.75) is 19.3 Å². The van der Waals surface area contributed by atoms with Gasteiger partial charge in [-0.05, 0) is 55.2 Å². The third-order valence-corrected chi connectivity index (χ3v) is 3.90. The van der Waals surface area contributed by atoms with Crippen molar-refractivity contribution in [1.82, 2.24) is 0 Å². The predicted molar refractivity (Wildman–Crippen MR) is 86.6 cm³/mol. The van der Waals surface area contributed by atoms with Crippen LogP contribution < -0.4 is 10.2 Å². The van der Waals surface area contributed by atoms with Crippen LogP contribution in [0.15, 0.2) is 48.5 Å². The molecule has 0 saturated heterocycles. The highest BCUT2D eigenvalue weighted by atomic mass is 19.1. The number of benzene rings is 2. The second-order valence-corrected chi connectivity index (χ2v) is 5.57. The number of aryl methyl sites for hydroxylation is 1. The van der Waals surface area contributed by atoms with E-state index in [-0.39, 0.29) is 18.3 Å². The van der Waals surface area contributed by atoms with Gasteiger partial charge in [0, 0.05) is 17.9 Å². The lowest BCUT2D eigenvalue weighted by Gasteiger charge is -2.24. The molecule has 3 nitrogen and oxygen atoms in total. The molecule has 0 aromatic heterocycles. The number of hydrogen-bond acceptors (Lipinski definition) is 2. The molecule has 0 aliphatic carbocycles. The number of nitrogens with one attached hydrogen (secondary N) is 1. The van der Waals surface area contributed by atoms with E-state index >= 15 is 0 Å². The molecule has 3 rings (SSSR count). The fourth-order valence-electron chi connectivity index (χ4n) is 2.86. The third-order valence-electron chi connectivity index (χ3n) is 3.90. The Morgan fingerprint density at radius 2 is 1.95 bits per heavy atom. The minimum atomic E-state index is -0.214. The third kappa shape index (κ3) is 3.45. The monoisotopic (exact) mass is 298 g/mol.